The molecule has 0 saturated heterocycles. The third-order valence-electron chi connectivity index (χ3n) is 4.25. The molecule has 6 heteroatoms. The van der Waals surface area contributed by atoms with Crippen LogP contribution in [-0.4, -0.2) is 46.3 Å². The van der Waals surface area contributed by atoms with Gasteiger partial charge in [-0.15, -0.1) is 0 Å². The van der Waals surface area contributed by atoms with Crippen LogP contribution in [0, 0.1) is 11.8 Å². The van der Waals surface area contributed by atoms with Crippen LogP contribution in [0.1, 0.15) is 26.2 Å². The van der Waals surface area contributed by atoms with Crippen LogP contribution in [0.5, 0.6) is 0 Å². The quantitative estimate of drug-likeness (QED) is 0.458. The van der Waals surface area contributed by atoms with E-state index in [2.05, 4.69) is 58.4 Å². The van der Waals surface area contributed by atoms with Gasteiger partial charge in [0.2, 0.25) is 0 Å². The Kier molecular flexibility index (Phi) is 9.16. The summed E-state index contributed by atoms with van der Waals surface area (Å²) in [6, 6.07) is 0. The normalized spacial score (nSPS) is 28.4. The van der Waals surface area contributed by atoms with Crippen molar-refractivity contribution in [1.29, 1.82) is 0 Å². The molecule has 0 unspecified atom stereocenters. The lowest BCUT2D eigenvalue weighted by molar-refractivity contribution is -0.143. The van der Waals surface area contributed by atoms with E-state index in [1.54, 1.807) is 0 Å². The third kappa shape index (κ3) is 8.00. The number of carbonyl (C=O) groups is 1. The molecule has 1 aliphatic carbocycles. The van der Waals surface area contributed by atoms with Gasteiger partial charge in [0.05, 0.1) is 12.7 Å². The van der Waals surface area contributed by atoms with Crippen molar-refractivity contribution < 1.29 is 18.8 Å². The molecule has 0 radical (unpaired) electrons. The van der Waals surface area contributed by atoms with Crippen molar-refractivity contribution in [1.82, 2.24) is 0 Å². The second kappa shape index (κ2) is 10.1. The first-order valence-corrected chi connectivity index (χ1v) is 16.6. The van der Waals surface area contributed by atoms with E-state index in [1.165, 1.54) is 0 Å². The zero-order chi connectivity index (χ0) is 20.0. The second-order valence-corrected chi connectivity index (χ2v) is 18.0. The first-order valence-electron chi connectivity index (χ1n) is 9.82. The summed E-state index contributed by atoms with van der Waals surface area (Å²) in [5.41, 5.74) is 0. The molecular weight excluding hydrogens is 360 g/mol. The number of Topliss-reactive ketones (excluding diaryl/α,β-unsaturated/α-hetero) is 1. The predicted octanol–water partition coefficient (Wildman–Crippen LogP) is 4.54. The maximum atomic E-state index is 13.1. The number of ketones is 1. The molecule has 0 amide bonds. The lowest BCUT2D eigenvalue weighted by Crippen LogP contribution is -2.55. The number of unbranched alkanes of at least 4 members (excludes halogenated alkanes) is 1. The molecule has 0 bridgehead atoms. The van der Waals surface area contributed by atoms with E-state index < -0.39 is 28.7 Å². The van der Waals surface area contributed by atoms with Crippen LogP contribution in [0.2, 0.25) is 39.3 Å². The number of aliphatic hydroxyl groups excluding tert-OH is 1. The molecule has 26 heavy (non-hydrogen) atoms. The molecule has 0 aliphatic heterocycles. The van der Waals surface area contributed by atoms with Gasteiger partial charge in [-0.05, 0) is 58.0 Å². The molecule has 0 heterocycles. The van der Waals surface area contributed by atoms with Crippen molar-refractivity contribution in [3.63, 3.8) is 0 Å². The molecule has 0 spiro atoms. The van der Waals surface area contributed by atoms with Gasteiger partial charge in [-0.2, -0.15) is 0 Å². The maximum Gasteiger partial charge on any atom is 0.184 e. The van der Waals surface area contributed by atoms with Crippen LogP contribution in [0.3, 0.4) is 0 Å². The van der Waals surface area contributed by atoms with Crippen molar-refractivity contribution in [2.24, 2.45) is 11.8 Å². The first-order chi connectivity index (χ1) is 12.0. The lowest BCUT2D eigenvalue weighted by Gasteiger charge is -2.43. The van der Waals surface area contributed by atoms with E-state index >= 15 is 0 Å². The summed E-state index contributed by atoms with van der Waals surface area (Å²) in [5, 5.41) is 9.86. The summed E-state index contributed by atoms with van der Waals surface area (Å²) in [4.78, 5) is 13.1. The van der Waals surface area contributed by atoms with E-state index in [1.807, 2.05) is 12.2 Å². The van der Waals surface area contributed by atoms with E-state index in [-0.39, 0.29) is 24.4 Å². The zero-order valence-electron chi connectivity index (χ0n) is 17.6. The molecule has 1 aliphatic rings. The largest absolute Gasteiger partial charge is 0.412 e. The standard InChI is InChI=1S/C20H38O4Si2/c1-8-9-10-11-12-13-16-14-18(23-25(2,3)4)20(24-26(5,6)7)19(22)17(16)15-21/h10-13,16-18,20-21H,8-9,14-15H2,1-7H3/b11-10+,13-12+/t16-,17+,18-,20-/m1/s1. The predicted molar refractivity (Wildman–Crippen MR) is 113 cm³/mol. The Labute approximate surface area is 161 Å². The smallest absolute Gasteiger partial charge is 0.184 e. The van der Waals surface area contributed by atoms with E-state index in [0.29, 0.717) is 6.42 Å². The number of allylic oxidation sites excluding steroid dienone is 4. The maximum absolute atomic E-state index is 13.1. The number of hydrogen-bond donors (Lipinski definition) is 1. The molecule has 0 aromatic rings. The summed E-state index contributed by atoms with van der Waals surface area (Å²) in [6.45, 7) is 14.7. The molecule has 1 rings (SSSR count). The number of carbonyl (C=O) groups excluding carboxylic acids is 1. The summed E-state index contributed by atoms with van der Waals surface area (Å²) in [6.07, 6.45) is 10.3. The number of aliphatic hydroxyl groups is 1. The van der Waals surface area contributed by atoms with Crippen molar-refractivity contribution in [2.45, 2.75) is 77.7 Å². The third-order valence-corrected chi connectivity index (χ3v) is 6.22. The monoisotopic (exact) mass is 398 g/mol. The highest BCUT2D eigenvalue weighted by atomic mass is 28.4. The molecule has 150 valence electrons. The Morgan fingerprint density at radius 3 is 2.19 bits per heavy atom. The molecule has 0 aromatic heterocycles. The lowest BCUT2D eigenvalue weighted by atomic mass is 9.75. The SMILES string of the molecule is CCC/C=C/C=C/[C@@H]1C[C@@H](O[Si](C)(C)C)[C@@H](O[Si](C)(C)C)C(=O)[C@H]1CO. The minimum absolute atomic E-state index is 0.00314. The minimum atomic E-state index is -1.90. The van der Waals surface area contributed by atoms with E-state index in [9.17, 15) is 9.90 Å². The van der Waals surface area contributed by atoms with Gasteiger partial charge >= 0.3 is 0 Å². The van der Waals surface area contributed by atoms with Crippen molar-refractivity contribution in [3.05, 3.63) is 24.3 Å². The Balaban J connectivity index is 3.04. The average Bonchev–Trinajstić information content (AvgIpc) is 2.48. The molecular formula is C20H38O4Si2. The van der Waals surface area contributed by atoms with Gasteiger partial charge < -0.3 is 14.0 Å². The van der Waals surface area contributed by atoms with Crippen LogP contribution in [-0.2, 0) is 13.6 Å². The average molecular weight is 399 g/mol. The van der Waals surface area contributed by atoms with Gasteiger partial charge in [0.25, 0.3) is 0 Å². The summed E-state index contributed by atoms with van der Waals surface area (Å²) < 4.78 is 12.6. The fourth-order valence-electron chi connectivity index (χ4n) is 3.23. The minimum Gasteiger partial charge on any atom is -0.412 e. The van der Waals surface area contributed by atoms with Gasteiger partial charge in [-0.25, -0.2) is 0 Å². The van der Waals surface area contributed by atoms with Crippen molar-refractivity contribution in [2.75, 3.05) is 6.61 Å². The molecule has 4 atom stereocenters. The molecule has 4 nitrogen and oxygen atoms in total. The zero-order valence-corrected chi connectivity index (χ0v) is 19.6. The van der Waals surface area contributed by atoms with Gasteiger partial charge in [0.1, 0.15) is 6.10 Å². The van der Waals surface area contributed by atoms with Gasteiger partial charge in [-0.3, -0.25) is 4.79 Å². The highest BCUT2D eigenvalue weighted by Gasteiger charge is 2.46. The summed E-state index contributed by atoms with van der Waals surface area (Å²) in [5.74, 6) is -0.424. The Morgan fingerprint density at radius 1 is 1.08 bits per heavy atom. The van der Waals surface area contributed by atoms with Crippen LogP contribution >= 0.6 is 0 Å². The summed E-state index contributed by atoms with van der Waals surface area (Å²) >= 11 is 0. The molecule has 0 aromatic carbocycles. The van der Waals surface area contributed by atoms with Crippen LogP contribution in [0.25, 0.3) is 0 Å². The number of hydrogen-bond acceptors (Lipinski definition) is 4. The molecule has 1 N–H and O–H groups in total. The topological polar surface area (TPSA) is 55.8 Å². The van der Waals surface area contributed by atoms with Crippen LogP contribution < -0.4 is 0 Å². The summed E-state index contributed by atoms with van der Waals surface area (Å²) in [7, 11) is -3.72. The van der Waals surface area contributed by atoms with E-state index in [4.69, 9.17) is 8.85 Å². The van der Waals surface area contributed by atoms with Crippen molar-refractivity contribution in [3.8, 4) is 0 Å². The second-order valence-electron chi connectivity index (χ2n) is 9.11. The van der Waals surface area contributed by atoms with E-state index in [0.717, 1.165) is 12.8 Å². The Bertz CT molecular complexity index is 503. The van der Waals surface area contributed by atoms with Crippen molar-refractivity contribution >= 4 is 22.4 Å². The fourth-order valence-corrected chi connectivity index (χ4v) is 5.38. The molecule has 1 saturated carbocycles. The first kappa shape index (κ1) is 23.5. The number of rotatable bonds is 9. The van der Waals surface area contributed by atoms with Gasteiger partial charge in [0.15, 0.2) is 22.4 Å². The Hall–Kier alpha value is -0.536. The highest BCUT2D eigenvalue weighted by Crippen LogP contribution is 2.34. The van der Waals surface area contributed by atoms with Gasteiger partial charge in [-0.1, -0.05) is 37.6 Å². The molecule has 1 fully saturated rings. The van der Waals surface area contributed by atoms with Crippen LogP contribution in [0.15, 0.2) is 24.3 Å². The Morgan fingerprint density at radius 2 is 1.69 bits per heavy atom. The van der Waals surface area contributed by atoms with Crippen LogP contribution in [0.4, 0.5) is 0 Å². The highest BCUT2D eigenvalue weighted by molar-refractivity contribution is 6.70. The fraction of sp³-hybridized carbons (Fsp3) is 0.750. The van der Waals surface area contributed by atoms with Gasteiger partial charge in [0, 0.05) is 5.92 Å².